The first kappa shape index (κ1) is 16.4. The second-order valence-electron chi connectivity index (χ2n) is 5.24. The third-order valence-electron chi connectivity index (χ3n) is 3.68. The van der Waals surface area contributed by atoms with Crippen LogP contribution in [-0.4, -0.2) is 23.8 Å². The second kappa shape index (κ2) is 7.81. The fourth-order valence-electron chi connectivity index (χ4n) is 2.79. The molecule has 0 aliphatic heterocycles. The maximum absolute atomic E-state index is 11.6. The molecule has 2 atom stereocenters. The number of hydrogen-bond acceptors (Lipinski definition) is 5. The van der Waals surface area contributed by atoms with E-state index in [0.29, 0.717) is 6.42 Å². The van der Waals surface area contributed by atoms with Gasteiger partial charge in [0.15, 0.2) is 0 Å². The fraction of sp³-hybridized carbons (Fsp3) is 0.750. The van der Waals surface area contributed by atoms with E-state index in [1.165, 1.54) is 6.92 Å². The Morgan fingerprint density at radius 2 is 1.75 bits per heavy atom. The molecule has 0 aromatic rings. The van der Waals surface area contributed by atoms with Gasteiger partial charge in [-0.2, -0.15) is 0 Å². The number of hydrogen-bond donors (Lipinski definition) is 5. The Balaban J connectivity index is 2.61. The highest BCUT2D eigenvalue weighted by Gasteiger charge is 2.31. The predicted molar refractivity (Wildman–Crippen MR) is 72.3 cm³/mol. The number of carbonyl (C=O) groups is 3. The maximum Gasteiger partial charge on any atom is 0.246 e. The summed E-state index contributed by atoms with van der Waals surface area (Å²) in [5.41, 5.74) is 3.98. The molecule has 2 unspecified atom stereocenters. The molecule has 8 nitrogen and oxygen atoms in total. The molecule has 0 heterocycles. The molecule has 0 spiro atoms. The summed E-state index contributed by atoms with van der Waals surface area (Å²) in [6.45, 7) is 1.48. The molecular formula is C12H23N5O3. The minimum absolute atomic E-state index is 0.0633. The zero-order valence-electron chi connectivity index (χ0n) is 11.6. The van der Waals surface area contributed by atoms with Crippen molar-refractivity contribution in [3.8, 4) is 0 Å². The van der Waals surface area contributed by atoms with Gasteiger partial charge in [0.25, 0.3) is 0 Å². The van der Waals surface area contributed by atoms with E-state index in [9.17, 15) is 14.4 Å². The van der Waals surface area contributed by atoms with Crippen molar-refractivity contribution in [2.24, 2.45) is 23.5 Å². The summed E-state index contributed by atoms with van der Waals surface area (Å²) in [5, 5.41) is 2.88. The van der Waals surface area contributed by atoms with Crippen molar-refractivity contribution in [2.75, 3.05) is 0 Å². The number of amides is 3. The van der Waals surface area contributed by atoms with Gasteiger partial charge in [-0.3, -0.25) is 25.2 Å². The first-order chi connectivity index (χ1) is 9.47. The normalized spacial score (nSPS) is 22.2. The predicted octanol–water partition coefficient (Wildman–Crippen LogP) is -1.33. The van der Waals surface area contributed by atoms with E-state index < -0.39 is 17.7 Å². The molecule has 114 valence electrons. The summed E-state index contributed by atoms with van der Waals surface area (Å²) in [6, 6.07) is 0.105. The summed E-state index contributed by atoms with van der Waals surface area (Å²) in [6.07, 6.45) is 3.93. The topological polar surface area (TPSA) is 139 Å². The van der Waals surface area contributed by atoms with E-state index in [-0.39, 0.29) is 17.9 Å². The molecule has 1 aliphatic rings. The van der Waals surface area contributed by atoms with Crippen molar-refractivity contribution in [2.45, 2.75) is 45.1 Å². The largest absolute Gasteiger partial charge is 0.354 e. The van der Waals surface area contributed by atoms with Crippen molar-refractivity contribution in [3.05, 3.63) is 0 Å². The lowest BCUT2D eigenvalue weighted by Crippen LogP contribution is -2.47. The quantitative estimate of drug-likeness (QED) is 0.184. The van der Waals surface area contributed by atoms with E-state index in [2.05, 4.69) is 5.32 Å². The van der Waals surface area contributed by atoms with Crippen molar-refractivity contribution >= 4 is 17.7 Å². The van der Waals surface area contributed by atoms with E-state index in [0.717, 1.165) is 25.7 Å². The molecule has 0 radical (unpaired) electrons. The van der Waals surface area contributed by atoms with Crippen LogP contribution in [0.5, 0.6) is 0 Å². The van der Waals surface area contributed by atoms with Gasteiger partial charge < -0.3 is 5.32 Å². The number of nitrogens with two attached hydrogens (primary N) is 2. The summed E-state index contributed by atoms with van der Waals surface area (Å²) in [4.78, 5) is 34.3. The van der Waals surface area contributed by atoms with Crippen LogP contribution in [0.15, 0.2) is 0 Å². The highest BCUT2D eigenvalue weighted by molar-refractivity contribution is 5.99. The number of rotatable bonds is 5. The van der Waals surface area contributed by atoms with Crippen LogP contribution < -0.4 is 27.9 Å². The SMILES string of the molecule is CC(=O)NC1CCCC(CC(C(=O)NN)C(=O)NN)C1. The Kier molecular flexibility index (Phi) is 6.40. The Morgan fingerprint density at radius 3 is 2.25 bits per heavy atom. The molecule has 0 saturated heterocycles. The third kappa shape index (κ3) is 4.78. The van der Waals surface area contributed by atoms with Gasteiger partial charge in [0.1, 0.15) is 5.92 Å². The van der Waals surface area contributed by atoms with Gasteiger partial charge in [0.05, 0.1) is 0 Å². The summed E-state index contributed by atoms with van der Waals surface area (Å²) < 4.78 is 0. The van der Waals surface area contributed by atoms with E-state index in [4.69, 9.17) is 11.7 Å². The zero-order chi connectivity index (χ0) is 15.1. The molecule has 1 fully saturated rings. The second-order valence-corrected chi connectivity index (χ2v) is 5.24. The molecule has 3 amide bonds. The number of nitrogens with one attached hydrogen (secondary N) is 3. The highest BCUT2D eigenvalue weighted by atomic mass is 16.2. The van der Waals surface area contributed by atoms with E-state index in [1.807, 2.05) is 10.9 Å². The van der Waals surface area contributed by atoms with Gasteiger partial charge in [-0.1, -0.05) is 12.8 Å². The van der Waals surface area contributed by atoms with Gasteiger partial charge in [-0.05, 0) is 25.2 Å². The van der Waals surface area contributed by atoms with E-state index in [1.54, 1.807) is 0 Å². The smallest absolute Gasteiger partial charge is 0.246 e. The molecule has 8 heteroatoms. The Morgan fingerprint density at radius 1 is 1.15 bits per heavy atom. The Bertz CT molecular complexity index is 358. The van der Waals surface area contributed by atoms with Gasteiger partial charge in [-0.15, -0.1) is 0 Å². The van der Waals surface area contributed by atoms with Crippen LogP contribution >= 0.6 is 0 Å². The molecule has 1 rings (SSSR count). The average Bonchev–Trinajstić information content (AvgIpc) is 2.42. The maximum atomic E-state index is 11.6. The standard InChI is InChI=1S/C12H23N5O3/c1-7(18)15-9-4-2-3-8(5-9)6-10(11(19)16-13)12(20)17-14/h8-10H,2-6,13-14H2,1H3,(H,15,18)(H,16,19)(H,17,20). The average molecular weight is 285 g/mol. The number of carbonyl (C=O) groups excluding carboxylic acids is 3. The molecule has 0 bridgehead atoms. The molecular weight excluding hydrogens is 262 g/mol. The van der Waals surface area contributed by atoms with Gasteiger partial charge in [0, 0.05) is 13.0 Å². The lowest BCUT2D eigenvalue weighted by atomic mass is 9.80. The minimum Gasteiger partial charge on any atom is -0.354 e. The first-order valence-electron chi connectivity index (χ1n) is 6.76. The van der Waals surface area contributed by atoms with Crippen LogP contribution in [0.1, 0.15) is 39.0 Å². The van der Waals surface area contributed by atoms with Crippen LogP contribution in [0.3, 0.4) is 0 Å². The molecule has 0 aromatic heterocycles. The van der Waals surface area contributed by atoms with Crippen molar-refractivity contribution in [1.29, 1.82) is 0 Å². The molecule has 0 aromatic carbocycles. The number of hydrazine groups is 2. The Hall–Kier alpha value is -1.67. The van der Waals surface area contributed by atoms with Crippen molar-refractivity contribution in [1.82, 2.24) is 16.2 Å². The summed E-state index contributed by atoms with van der Waals surface area (Å²) in [7, 11) is 0. The van der Waals surface area contributed by atoms with Crippen molar-refractivity contribution < 1.29 is 14.4 Å². The first-order valence-corrected chi connectivity index (χ1v) is 6.76. The van der Waals surface area contributed by atoms with Crippen LogP contribution in [0.2, 0.25) is 0 Å². The highest BCUT2D eigenvalue weighted by Crippen LogP contribution is 2.29. The van der Waals surface area contributed by atoms with Crippen molar-refractivity contribution in [3.63, 3.8) is 0 Å². The molecule has 1 aliphatic carbocycles. The van der Waals surface area contributed by atoms with Gasteiger partial charge >= 0.3 is 0 Å². The lowest BCUT2D eigenvalue weighted by molar-refractivity contribution is -0.136. The monoisotopic (exact) mass is 285 g/mol. The van der Waals surface area contributed by atoms with Crippen LogP contribution in [0.25, 0.3) is 0 Å². The van der Waals surface area contributed by atoms with Crippen LogP contribution in [-0.2, 0) is 14.4 Å². The minimum atomic E-state index is -0.897. The summed E-state index contributed by atoms with van der Waals surface area (Å²) in [5.74, 6) is 8.30. The Labute approximate surface area is 118 Å². The van der Waals surface area contributed by atoms with Crippen LogP contribution in [0, 0.1) is 11.8 Å². The van der Waals surface area contributed by atoms with Crippen LogP contribution in [0.4, 0.5) is 0 Å². The fourth-order valence-corrected chi connectivity index (χ4v) is 2.79. The molecule has 20 heavy (non-hydrogen) atoms. The molecule has 1 saturated carbocycles. The van der Waals surface area contributed by atoms with Gasteiger partial charge in [-0.25, -0.2) is 11.7 Å². The zero-order valence-corrected chi connectivity index (χ0v) is 11.6. The molecule has 7 N–H and O–H groups in total. The van der Waals surface area contributed by atoms with Gasteiger partial charge in [0.2, 0.25) is 17.7 Å². The summed E-state index contributed by atoms with van der Waals surface area (Å²) >= 11 is 0. The lowest BCUT2D eigenvalue weighted by Gasteiger charge is -2.31. The van der Waals surface area contributed by atoms with E-state index >= 15 is 0 Å². The third-order valence-corrected chi connectivity index (χ3v) is 3.68.